The standard InChI is InChI=1S/C15H26N6O4S/c1-12-18-13(10-14(19-12)21-6-8-25-9-7-21)16-4-5-17-15(22)11-20(2)26(3,23)24/h10H,4-9,11H2,1-3H3,(H,17,22)(H,16,18,19). The van der Waals surface area contributed by atoms with Crippen LogP contribution in [0.15, 0.2) is 6.07 Å². The van der Waals surface area contributed by atoms with Crippen LogP contribution in [0.5, 0.6) is 0 Å². The first-order chi connectivity index (χ1) is 12.3. The number of nitrogens with zero attached hydrogens (tertiary/aromatic N) is 4. The van der Waals surface area contributed by atoms with Gasteiger partial charge in [-0.05, 0) is 6.92 Å². The van der Waals surface area contributed by atoms with Crippen LogP contribution in [0.1, 0.15) is 5.82 Å². The third-order valence-corrected chi connectivity index (χ3v) is 5.11. The van der Waals surface area contributed by atoms with Crippen LogP contribution in [0.2, 0.25) is 0 Å². The average Bonchev–Trinajstić information content (AvgIpc) is 2.58. The summed E-state index contributed by atoms with van der Waals surface area (Å²) in [6.07, 6.45) is 1.06. The molecule has 1 aliphatic rings. The molecule has 0 atom stereocenters. The first kappa shape index (κ1) is 20.3. The number of aromatic nitrogens is 2. The van der Waals surface area contributed by atoms with Gasteiger partial charge in [0.25, 0.3) is 0 Å². The maximum Gasteiger partial charge on any atom is 0.235 e. The SMILES string of the molecule is Cc1nc(NCCNC(=O)CN(C)S(C)(=O)=O)cc(N2CCOCC2)n1. The largest absolute Gasteiger partial charge is 0.378 e. The van der Waals surface area contributed by atoms with E-state index in [1.54, 1.807) is 0 Å². The van der Waals surface area contributed by atoms with Crippen molar-refractivity contribution in [2.24, 2.45) is 0 Å². The van der Waals surface area contributed by atoms with Crippen molar-refractivity contribution in [1.82, 2.24) is 19.6 Å². The summed E-state index contributed by atoms with van der Waals surface area (Å²) >= 11 is 0. The van der Waals surface area contributed by atoms with E-state index in [4.69, 9.17) is 4.74 Å². The Bertz CT molecular complexity index is 721. The summed E-state index contributed by atoms with van der Waals surface area (Å²) in [5, 5.41) is 5.82. The van der Waals surface area contributed by atoms with Crippen LogP contribution in [-0.4, -0.2) is 87.8 Å². The Balaban J connectivity index is 1.80. The summed E-state index contributed by atoms with van der Waals surface area (Å²) in [7, 11) is -2.00. The lowest BCUT2D eigenvalue weighted by Crippen LogP contribution is -2.39. The first-order valence-corrected chi connectivity index (χ1v) is 10.2. The number of hydrogen-bond acceptors (Lipinski definition) is 8. The zero-order valence-corrected chi connectivity index (χ0v) is 16.2. The van der Waals surface area contributed by atoms with Crippen molar-refractivity contribution in [2.75, 3.05) is 69.5 Å². The third kappa shape index (κ3) is 6.39. The topological polar surface area (TPSA) is 117 Å². The van der Waals surface area contributed by atoms with Gasteiger partial charge in [0.15, 0.2) is 0 Å². The fourth-order valence-corrected chi connectivity index (χ4v) is 2.72. The van der Waals surface area contributed by atoms with E-state index in [2.05, 4.69) is 25.5 Å². The van der Waals surface area contributed by atoms with Gasteiger partial charge in [-0.2, -0.15) is 4.31 Å². The molecule has 0 unspecified atom stereocenters. The van der Waals surface area contributed by atoms with Gasteiger partial charge in [0.05, 0.1) is 26.0 Å². The molecular weight excluding hydrogens is 360 g/mol. The molecule has 0 aromatic carbocycles. The van der Waals surface area contributed by atoms with Crippen LogP contribution >= 0.6 is 0 Å². The van der Waals surface area contributed by atoms with E-state index in [9.17, 15) is 13.2 Å². The highest BCUT2D eigenvalue weighted by molar-refractivity contribution is 7.88. The molecule has 26 heavy (non-hydrogen) atoms. The molecule has 1 saturated heterocycles. The molecule has 2 heterocycles. The number of carbonyl (C=O) groups is 1. The predicted octanol–water partition coefficient (Wildman–Crippen LogP) is -0.959. The van der Waals surface area contributed by atoms with Crippen LogP contribution in [0, 0.1) is 6.92 Å². The van der Waals surface area contributed by atoms with Gasteiger partial charge in [0.2, 0.25) is 15.9 Å². The molecule has 0 spiro atoms. The van der Waals surface area contributed by atoms with Crippen LogP contribution in [0.3, 0.4) is 0 Å². The van der Waals surface area contributed by atoms with Gasteiger partial charge >= 0.3 is 0 Å². The van der Waals surface area contributed by atoms with E-state index in [0.717, 1.165) is 29.5 Å². The number of carbonyl (C=O) groups excluding carboxylic acids is 1. The third-order valence-electron chi connectivity index (χ3n) is 3.85. The monoisotopic (exact) mass is 386 g/mol. The van der Waals surface area contributed by atoms with E-state index in [-0.39, 0.29) is 12.5 Å². The number of aryl methyl sites for hydroxylation is 1. The van der Waals surface area contributed by atoms with E-state index < -0.39 is 10.0 Å². The molecule has 10 nitrogen and oxygen atoms in total. The quantitative estimate of drug-likeness (QED) is 0.549. The molecule has 2 rings (SSSR count). The van der Waals surface area contributed by atoms with Gasteiger partial charge in [-0.1, -0.05) is 0 Å². The van der Waals surface area contributed by atoms with Crippen molar-refractivity contribution in [2.45, 2.75) is 6.92 Å². The molecule has 1 fully saturated rings. The number of rotatable bonds is 8. The van der Waals surface area contributed by atoms with Gasteiger partial charge in [0, 0.05) is 39.3 Å². The highest BCUT2D eigenvalue weighted by Gasteiger charge is 2.15. The molecule has 1 aromatic heterocycles. The molecule has 2 N–H and O–H groups in total. The van der Waals surface area contributed by atoms with Crippen LogP contribution < -0.4 is 15.5 Å². The van der Waals surface area contributed by atoms with Crippen LogP contribution in [-0.2, 0) is 19.6 Å². The fourth-order valence-electron chi connectivity index (χ4n) is 2.36. The molecule has 0 radical (unpaired) electrons. The lowest BCUT2D eigenvalue weighted by molar-refractivity contribution is -0.121. The molecule has 1 aliphatic heterocycles. The molecular formula is C15H26N6O4S. The lowest BCUT2D eigenvalue weighted by atomic mass is 10.4. The summed E-state index contributed by atoms with van der Waals surface area (Å²) in [5.41, 5.74) is 0. The van der Waals surface area contributed by atoms with E-state index in [1.165, 1.54) is 7.05 Å². The predicted molar refractivity (Wildman–Crippen MR) is 98.8 cm³/mol. The minimum absolute atomic E-state index is 0.202. The number of morpholine rings is 1. The minimum atomic E-state index is -3.37. The maximum absolute atomic E-state index is 11.7. The van der Waals surface area contributed by atoms with E-state index in [0.29, 0.717) is 37.9 Å². The Morgan fingerprint density at radius 1 is 1.31 bits per heavy atom. The molecule has 1 aromatic rings. The highest BCUT2D eigenvalue weighted by atomic mass is 32.2. The van der Waals surface area contributed by atoms with Gasteiger partial charge < -0.3 is 20.3 Å². The van der Waals surface area contributed by atoms with E-state index in [1.807, 2.05) is 13.0 Å². The van der Waals surface area contributed by atoms with Crippen molar-refractivity contribution < 1.29 is 17.9 Å². The fraction of sp³-hybridized carbons (Fsp3) is 0.667. The maximum atomic E-state index is 11.7. The number of hydrogen-bond donors (Lipinski definition) is 2. The highest BCUT2D eigenvalue weighted by Crippen LogP contribution is 2.16. The van der Waals surface area contributed by atoms with Crippen LogP contribution in [0.25, 0.3) is 0 Å². The van der Waals surface area contributed by atoms with Crippen molar-refractivity contribution >= 4 is 27.6 Å². The molecule has 0 aliphatic carbocycles. The molecule has 0 bridgehead atoms. The zero-order chi connectivity index (χ0) is 19.2. The van der Waals surface area contributed by atoms with Crippen molar-refractivity contribution in [3.63, 3.8) is 0 Å². The lowest BCUT2D eigenvalue weighted by Gasteiger charge is -2.28. The second kappa shape index (κ2) is 9.10. The van der Waals surface area contributed by atoms with Gasteiger partial charge in [-0.25, -0.2) is 18.4 Å². The summed E-state index contributed by atoms with van der Waals surface area (Å²) in [5.74, 6) is 1.84. The molecule has 146 valence electrons. The average molecular weight is 386 g/mol. The second-order valence-electron chi connectivity index (χ2n) is 6.05. The van der Waals surface area contributed by atoms with Crippen LogP contribution in [0.4, 0.5) is 11.6 Å². The number of nitrogens with one attached hydrogen (secondary N) is 2. The van der Waals surface area contributed by atoms with Gasteiger partial charge in [-0.15, -0.1) is 0 Å². The van der Waals surface area contributed by atoms with Gasteiger partial charge in [0.1, 0.15) is 17.5 Å². The second-order valence-corrected chi connectivity index (χ2v) is 8.14. The Labute approximate surface area is 154 Å². The number of ether oxygens (including phenoxy) is 1. The minimum Gasteiger partial charge on any atom is -0.378 e. The number of amides is 1. The Hall–Kier alpha value is -1.98. The summed E-state index contributed by atoms with van der Waals surface area (Å²) in [4.78, 5) is 22.7. The number of anilines is 2. The summed E-state index contributed by atoms with van der Waals surface area (Å²) < 4.78 is 28.9. The summed E-state index contributed by atoms with van der Waals surface area (Å²) in [6.45, 7) is 5.39. The van der Waals surface area contributed by atoms with Crippen molar-refractivity contribution in [3.05, 3.63) is 11.9 Å². The van der Waals surface area contributed by atoms with Gasteiger partial charge in [-0.3, -0.25) is 4.79 Å². The number of likely N-dealkylation sites (N-methyl/N-ethyl adjacent to an activating group) is 1. The Kier molecular flexibility index (Phi) is 7.12. The van der Waals surface area contributed by atoms with E-state index >= 15 is 0 Å². The zero-order valence-electron chi connectivity index (χ0n) is 15.4. The molecule has 11 heteroatoms. The summed E-state index contributed by atoms with van der Waals surface area (Å²) in [6, 6.07) is 1.87. The normalized spacial score (nSPS) is 15.2. The smallest absolute Gasteiger partial charge is 0.235 e. The Morgan fingerprint density at radius 2 is 2.00 bits per heavy atom. The van der Waals surface area contributed by atoms with Crippen molar-refractivity contribution in [1.29, 1.82) is 0 Å². The molecule has 0 saturated carbocycles. The first-order valence-electron chi connectivity index (χ1n) is 8.36. The Morgan fingerprint density at radius 3 is 2.65 bits per heavy atom. The van der Waals surface area contributed by atoms with Crippen molar-refractivity contribution in [3.8, 4) is 0 Å². The molecule has 1 amide bonds. The number of sulfonamides is 1.